The fourth-order valence-electron chi connectivity index (χ4n) is 0.885. The minimum Gasteiger partial charge on any atom is -0.395 e. The van der Waals surface area contributed by atoms with Gasteiger partial charge in [0.15, 0.2) is 0 Å². The lowest BCUT2D eigenvalue weighted by Crippen LogP contribution is -2.44. The molecule has 0 aromatic heterocycles. The van der Waals surface area contributed by atoms with E-state index in [1.54, 1.807) is 0 Å². The maximum atomic E-state index is 10.5. The third-order valence-electron chi connectivity index (χ3n) is 1.42. The van der Waals surface area contributed by atoms with Crippen LogP contribution in [-0.4, -0.2) is 47.4 Å². The first-order chi connectivity index (χ1) is 6.65. The first-order valence-corrected chi connectivity index (χ1v) is 4.01. The van der Waals surface area contributed by atoms with E-state index < -0.39 is 5.91 Å². The number of nitrogens with zero attached hydrogens (tertiary/aromatic N) is 3. The molecule has 7 nitrogen and oxygen atoms in total. The molecule has 0 fully saturated rings. The molecule has 0 unspecified atom stereocenters. The van der Waals surface area contributed by atoms with Crippen molar-refractivity contribution in [1.29, 1.82) is 0 Å². The van der Waals surface area contributed by atoms with Crippen LogP contribution in [-0.2, 0) is 4.79 Å². The van der Waals surface area contributed by atoms with E-state index in [-0.39, 0.29) is 19.7 Å². The molecule has 0 aliphatic rings. The normalized spacial score (nSPS) is 9.86. The molecule has 14 heavy (non-hydrogen) atoms. The number of nitroso groups, excluding NO2 is 1. The summed E-state index contributed by atoms with van der Waals surface area (Å²) in [7, 11) is 0. The summed E-state index contributed by atoms with van der Waals surface area (Å²) in [6.45, 7) is 3.50. The highest BCUT2D eigenvalue weighted by Crippen LogP contribution is 1.98. The number of rotatable bonds is 8. The molecule has 3 N–H and O–H groups in total. The van der Waals surface area contributed by atoms with Crippen molar-refractivity contribution < 1.29 is 9.90 Å². The number of carbonyl (C=O) groups excluding carboxylic acids is 1. The summed E-state index contributed by atoms with van der Waals surface area (Å²) in [4.78, 5) is 20.9. The fourth-order valence-corrected chi connectivity index (χ4v) is 0.885. The fraction of sp³-hybridized carbons (Fsp3) is 0.571. The van der Waals surface area contributed by atoms with Gasteiger partial charge in [-0.2, -0.15) is 10.1 Å². The third-order valence-corrected chi connectivity index (χ3v) is 1.42. The maximum absolute atomic E-state index is 10.5. The Morgan fingerprint density at radius 2 is 2.29 bits per heavy atom. The van der Waals surface area contributed by atoms with Crippen LogP contribution in [0.15, 0.2) is 17.9 Å². The van der Waals surface area contributed by atoms with Crippen molar-refractivity contribution in [2.45, 2.75) is 0 Å². The van der Waals surface area contributed by atoms with Crippen LogP contribution in [0.3, 0.4) is 0 Å². The molecule has 0 radical (unpaired) electrons. The first kappa shape index (κ1) is 12.5. The minimum atomic E-state index is -0.670. The second kappa shape index (κ2) is 6.98. The summed E-state index contributed by atoms with van der Waals surface area (Å²) in [5.41, 5.74) is 4.90. The molecule has 0 spiro atoms. The Hall–Kier alpha value is -1.47. The van der Waals surface area contributed by atoms with Gasteiger partial charge in [-0.25, -0.2) is 0 Å². The van der Waals surface area contributed by atoms with Gasteiger partial charge in [-0.1, -0.05) is 6.08 Å². The molecule has 0 aliphatic heterocycles. The van der Waals surface area contributed by atoms with E-state index in [4.69, 9.17) is 10.8 Å². The van der Waals surface area contributed by atoms with Crippen LogP contribution in [0.1, 0.15) is 0 Å². The Morgan fingerprint density at radius 1 is 1.64 bits per heavy atom. The van der Waals surface area contributed by atoms with E-state index in [1.165, 1.54) is 11.1 Å². The number of aliphatic hydroxyl groups is 1. The number of hydrogen-bond acceptors (Lipinski definition) is 5. The molecule has 0 rings (SSSR count). The predicted molar refractivity (Wildman–Crippen MR) is 50.6 cm³/mol. The second-order valence-electron chi connectivity index (χ2n) is 2.50. The van der Waals surface area contributed by atoms with Crippen molar-refractivity contribution in [3.63, 3.8) is 0 Å². The van der Waals surface area contributed by atoms with Crippen LogP contribution >= 0.6 is 0 Å². The van der Waals surface area contributed by atoms with Crippen LogP contribution in [0, 0.1) is 4.91 Å². The van der Waals surface area contributed by atoms with Gasteiger partial charge in [-0.15, -0.1) is 11.5 Å². The number of amides is 1. The van der Waals surface area contributed by atoms with Gasteiger partial charge in [0.1, 0.15) is 6.54 Å². The Kier molecular flexibility index (Phi) is 6.25. The number of hydrogen-bond donors (Lipinski definition) is 2. The van der Waals surface area contributed by atoms with Gasteiger partial charge in [-0.3, -0.25) is 4.79 Å². The Balaban J connectivity index is 4.31. The van der Waals surface area contributed by atoms with Crippen molar-refractivity contribution in [1.82, 2.24) is 10.1 Å². The Labute approximate surface area is 81.7 Å². The number of nitrogens with two attached hydrogens (primary N) is 1. The Morgan fingerprint density at radius 3 is 2.64 bits per heavy atom. The number of primary amides is 1. The van der Waals surface area contributed by atoms with Crippen molar-refractivity contribution >= 4 is 5.91 Å². The quantitative estimate of drug-likeness (QED) is 0.294. The molecule has 0 aromatic carbocycles. The lowest BCUT2D eigenvalue weighted by atomic mass is 10.5. The zero-order valence-electron chi connectivity index (χ0n) is 7.80. The summed E-state index contributed by atoms with van der Waals surface area (Å²) in [6, 6.07) is 0. The van der Waals surface area contributed by atoms with Crippen molar-refractivity contribution in [2.24, 2.45) is 11.0 Å². The summed E-state index contributed by atoms with van der Waals surface area (Å²) in [6.07, 6.45) is 1.52. The van der Waals surface area contributed by atoms with Gasteiger partial charge in [-0.05, 0) is 0 Å². The minimum absolute atomic E-state index is 0.154. The monoisotopic (exact) mass is 202 g/mol. The third kappa shape index (κ3) is 4.53. The molecule has 0 bridgehead atoms. The highest BCUT2D eigenvalue weighted by Gasteiger charge is 2.14. The lowest BCUT2D eigenvalue weighted by Gasteiger charge is -2.27. The average molecular weight is 202 g/mol. The zero-order chi connectivity index (χ0) is 11.0. The molecule has 0 saturated carbocycles. The summed E-state index contributed by atoms with van der Waals surface area (Å²) in [5, 5.41) is 13.5. The van der Waals surface area contributed by atoms with Crippen LogP contribution in [0.5, 0.6) is 0 Å². The van der Waals surface area contributed by atoms with Crippen LogP contribution in [0.2, 0.25) is 0 Å². The SMILES string of the molecule is C=CCN(CCO)N(CC(N)=O)N=O. The average Bonchev–Trinajstić information content (AvgIpc) is 2.13. The van der Waals surface area contributed by atoms with Crippen molar-refractivity contribution in [3.8, 4) is 0 Å². The largest absolute Gasteiger partial charge is 0.395 e. The van der Waals surface area contributed by atoms with E-state index in [0.29, 0.717) is 6.54 Å². The molecular formula is C7H14N4O3. The predicted octanol–water partition coefficient (Wildman–Crippen LogP) is -1.15. The maximum Gasteiger partial charge on any atom is 0.240 e. The standard InChI is InChI=1S/C7H14N4O3/c1-2-3-10(4-5-12)11(9-14)6-7(8)13/h2,12H,1,3-6H2,(H2,8,13). The lowest BCUT2D eigenvalue weighted by molar-refractivity contribution is -0.125. The smallest absolute Gasteiger partial charge is 0.240 e. The van der Waals surface area contributed by atoms with Gasteiger partial charge >= 0.3 is 0 Å². The highest BCUT2D eigenvalue weighted by atomic mass is 16.3. The molecule has 1 amide bonds. The second-order valence-corrected chi connectivity index (χ2v) is 2.50. The van der Waals surface area contributed by atoms with Gasteiger partial charge in [0, 0.05) is 13.1 Å². The van der Waals surface area contributed by atoms with Crippen LogP contribution < -0.4 is 5.73 Å². The molecule has 80 valence electrons. The van der Waals surface area contributed by atoms with Crippen molar-refractivity contribution in [2.75, 3.05) is 26.2 Å². The van der Waals surface area contributed by atoms with E-state index in [9.17, 15) is 9.70 Å². The van der Waals surface area contributed by atoms with Crippen LogP contribution in [0.4, 0.5) is 0 Å². The molecule has 0 heterocycles. The summed E-state index contributed by atoms with van der Waals surface area (Å²) in [5.74, 6) is -0.670. The molecule has 0 aliphatic carbocycles. The van der Waals surface area contributed by atoms with E-state index >= 15 is 0 Å². The van der Waals surface area contributed by atoms with Gasteiger partial charge < -0.3 is 10.8 Å². The number of hydrazine groups is 1. The molecule has 0 saturated heterocycles. The number of carbonyl (C=O) groups is 1. The van der Waals surface area contributed by atoms with Gasteiger partial charge in [0.25, 0.3) is 0 Å². The Bertz CT molecular complexity index is 209. The van der Waals surface area contributed by atoms with Gasteiger partial charge in [0.2, 0.25) is 5.91 Å². The molecule has 0 aromatic rings. The van der Waals surface area contributed by atoms with E-state index in [1.807, 2.05) is 0 Å². The zero-order valence-corrected chi connectivity index (χ0v) is 7.80. The topological polar surface area (TPSA) is 99.2 Å². The summed E-state index contributed by atoms with van der Waals surface area (Å²) >= 11 is 0. The first-order valence-electron chi connectivity index (χ1n) is 4.01. The van der Waals surface area contributed by atoms with E-state index in [0.717, 1.165) is 5.12 Å². The molecule has 7 heteroatoms. The van der Waals surface area contributed by atoms with Gasteiger partial charge in [0.05, 0.1) is 11.9 Å². The molecular weight excluding hydrogens is 188 g/mol. The van der Waals surface area contributed by atoms with Crippen molar-refractivity contribution in [3.05, 3.63) is 17.6 Å². The molecule has 0 atom stereocenters. The summed E-state index contributed by atoms with van der Waals surface area (Å²) < 4.78 is 0. The van der Waals surface area contributed by atoms with E-state index in [2.05, 4.69) is 11.9 Å². The van der Waals surface area contributed by atoms with Crippen LogP contribution in [0.25, 0.3) is 0 Å². The highest BCUT2D eigenvalue weighted by molar-refractivity contribution is 5.75. The number of aliphatic hydroxyl groups excluding tert-OH is 1.